The number of carbonyl (C=O) groups is 1. The lowest BCUT2D eigenvalue weighted by molar-refractivity contribution is -0.190. The summed E-state index contributed by atoms with van der Waals surface area (Å²) >= 11 is 0. The molecule has 2 fully saturated rings. The highest BCUT2D eigenvalue weighted by Gasteiger charge is 2.62. The number of nitrogens with one attached hydrogen (secondary N) is 1. The molecule has 1 saturated carbocycles. The van der Waals surface area contributed by atoms with Crippen LogP contribution < -0.4 is 14.6 Å². The number of pyridine rings is 1. The van der Waals surface area contributed by atoms with Gasteiger partial charge in [0.2, 0.25) is 5.90 Å². The molecule has 1 amide bonds. The highest BCUT2D eigenvalue weighted by Crippen LogP contribution is 2.59. The van der Waals surface area contributed by atoms with Gasteiger partial charge in [0.05, 0.1) is 28.5 Å². The lowest BCUT2D eigenvalue weighted by atomic mass is 9.97. The molecule has 1 aromatic heterocycles. The van der Waals surface area contributed by atoms with Crippen LogP contribution in [0.5, 0.6) is 0 Å². The van der Waals surface area contributed by atoms with Crippen LogP contribution in [0.25, 0.3) is 0 Å². The van der Waals surface area contributed by atoms with E-state index in [4.69, 9.17) is 9.72 Å². The number of aliphatic hydroxyl groups is 1. The van der Waals surface area contributed by atoms with E-state index >= 15 is 0 Å². The van der Waals surface area contributed by atoms with E-state index in [2.05, 4.69) is 9.82 Å². The third-order valence-corrected chi connectivity index (χ3v) is 9.85. The molecule has 0 radical (unpaired) electrons. The van der Waals surface area contributed by atoms with Gasteiger partial charge in [0.15, 0.2) is 5.82 Å². The van der Waals surface area contributed by atoms with Gasteiger partial charge in [0, 0.05) is 31.0 Å². The van der Waals surface area contributed by atoms with Gasteiger partial charge in [-0.25, -0.2) is 23.1 Å². The first-order valence-corrected chi connectivity index (χ1v) is 15.7. The maximum Gasteiger partial charge on any atom is 0.394 e. The second-order valence-corrected chi connectivity index (χ2v) is 13.9. The molecule has 3 heterocycles. The minimum Gasteiger partial charge on any atom is -0.480 e. The van der Waals surface area contributed by atoms with Gasteiger partial charge in [0.25, 0.3) is 15.9 Å². The van der Waals surface area contributed by atoms with Gasteiger partial charge in [0.1, 0.15) is 5.82 Å². The van der Waals surface area contributed by atoms with Gasteiger partial charge in [-0.15, -0.1) is 5.10 Å². The monoisotopic (exact) mass is 623 g/mol. The molecule has 3 aliphatic rings. The third kappa shape index (κ3) is 6.30. The Bertz CT molecular complexity index is 1500. The number of benzene rings is 1. The summed E-state index contributed by atoms with van der Waals surface area (Å²) in [5.41, 5.74) is -2.14. The number of anilines is 2. The van der Waals surface area contributed by atoms with E-state index in [0.29, 0.717) is 31.1 Å². The molecule has 14 heteroatoms. The number of hydrogen-bond donors (Lipinski definition) is 2. The van der Waals surface area contributed by atoms with Crippen molar-refractivity contribution in [3.8, 4) is 0 Å². The smallest absolute Gasteiger partial charge is 0.394 e. The average Bonchev–Trinajstić information content (AvgIpc) is 3.56. The molecule has 1 aromatic carbocycles. The number of amides is 1. The summed E-state index contributed by atoms with van der Waals surface area (Å²) in [6.45, 7) is 6.00. The van der Waals surface area contributed by atoms with Crippen molar-refractivity contribution >= 4 is 33.5 Å². The first-order chi connectivity index (χ1) is 20.2. The van der Waals surface area contributed by atoms with E-state index in [1.807, 2.05) is 25.7 Å². The minimum atomic E-state index is -4.25. The van der Waals surface area contributed by atoms with E-state index in [0.717, 1.165) is 0 Å². The lowest BCUT2D eigenvalue weighted by Crippen LogP contribution is -2.41. The molecule has 2 unspecified atom stereocenters. The number of rotatable bonds is 9. The number of aromatic nitrogens is 1. The Morgan fingerprint density at radius 2 is 1.86 bits per heavy atom. The van der Waals surface area contributed by atoms with Crippen LogP contribution in [-0.4, -0.2) is 67.8 Å². The van der Waals surface area contributed by atoms with Gasteiger partial charge >= 0.3 is 6.18 Å². The zero-order valence-electron chi connectivity index (χ0n) is 24.3. The molecule has 1 aliphatic carbocycles. The van der Waals surface area contributed by atoms with Crippen LogP contribution in [0.1, 0.15) is 63.2 Å². The summed E-state index contributed by atoms with van der Waals surface area (Å²) in [5, 5.41) is 15.9. The van der Waals surface area contributed by atoms with Crippen molar-refractivity contribution in [1.29, 1.82) is 0 Å². The van der Waals surface area contributed by atoms with Crippen LogP contribution in [0, 0.1) is 11.3 Å². The number of aliphatic hydroxyl groups excluding tert-OH is 1. The maximum atomic E-state index is 13.4. The summed E-state index contributed by atoms with van der Waals surface area (Å²) in [7, 11) is -4.16. The lowest BCUT2D eigenvalue weighted by Gasteiger charge is -2.34. The molecule has 2 N–H and O–H groups in total. The molecule has 2 aliphatic heterocycles. The minimum absolute atomic E-state index is 0.0316. The van der Waals surface area contributed by atoms with Crippen LogP contribution in [0.4, 0.5) is 24.8 Å². The quantitative estimate of drug-likeness (QED) is 0.420. The zero-order chi connectivity index (χ0) is 31.2. The fraction of sp³-hybridized carbons (Fsp3) is 0.552. The fourth-order valence-corrected chi connectivity index (χ4v) is 6.81. The zero-order valence-corrected chi connectivity index (χ0v) is 25.1. The summed E-state index contributed by atoms with van der Waals surface area (Å²) in [5.74, 6) is -0.0505. The van der Waals surface area contributed by atoms with Gasteiger partial charge in [-0.1, -0.05) is 18.2 Å². The molecule has 0 bridgehead atoms. The Kier molecular flexibility index (Phi) is 8.14. The van der Waals surface area contributed by atoms with Crippen molar-refractivity contribution in [2.75, 3.05) is 29.7 Å². The van der Waals surface area contributed by atoms with Crippen LogP contribution in [0.3, 0.4) is 0 Å². The molecule has 234 valence electrons. The number of alkyl halides is 3. The summed E-state index contributed by atoms with van der Waals surface area (Å²) in [6.07, 6.45) is -3.18. The standard InChI is InChI=1S/C29H36F3N5O5S/c1-19-15-24(42-14-13-28(11-12-28)29(30,31)32)34-37(19)23-10-9-22(25(33-23)36-17-20(18-38)16-27(36,2)3)26(39)35-43(40,41)21-7-5-4-6-8-21/h4-10,19-20,38H,11-18H2,1-3H3,(H,35,39). The summed E-state index contributed by atoms with van der Waals surface area (Å²) in [6, 6.07) is 10.3. The third-order valence-electron chi connectivity index (χ3n) is 8.50. The van der Waals surface area contributed by atoms with Crippen molar-refractivity contribution in [2.24, 2.45) is 16.4 Å². The Morgan fingerprint density at radius 3 is 2.47 bits per heavy atom. The molecular weight excluding hydrogens is 587 g/mol. The largest absolute Gasteiger partial charge is 0.480 e. The second kappa shape index (κ2) is 11.3. The predicted octanol–water partition coefficient (Wildman–Crippen LogP) is 4.46. The molecule has 43 heavy (non-hydrogen) atoms. The van der Waals surface area contributed by atoms with Crippen LogP contribution >= 0.6 is 0 Å². The Balaban J connectivity index is 1.41. The van der Waals surface area contributed by atoms with Gasteiger partial charge < -0.3 is 14.7 Å². The number of hydrazone groups is 1. The molecule has 0 spiro atoms. The molecule has 1 saturated heterocycles. The second-order valence-electron chi connectivity index (χ2n) is 12.2. The average molecular weight is 624 g/mol. The van der Waals surface area contributed by atoms with Crippen molar-refractivity contribution in [3.63, 3.8) is 0 Å². The van der Waals surface area contributed by atoms with Crippen molar-refractivity contribution < 1.29 is 36.2 Å². The van der Waals surface area contributed by atoms with Crippen molar-refractivity contribution in [3.05, 3.63) is 48.0 Å². The van der Waals surface area contributed by atoms with Crippen molar-refractivity contribution in [1.82, 2.24) is 9.71 Å². The molecule has 5 rings (SSSR count). The summed E-state index contributed by atoms with van der Waals surface area (Å²) in [4.78, 5) is 20.0. The van der Waals surface area contributed by atoms with E-state index < -0.39 is 33.1 Å². The van der Waals surface area contributed by atoms with Crippen molar-refractivity contribution in [2.45, 2.75) is 75.5 Å². The Hall–Kier alpha value is -3.39. The summed E-state index contributed by atoms with van der Waals surface area (Å²) < 4.78 is 73.5. The Labute approximate surface area is 249 Å². The number of carbonyl (C=O) groups excluding carboxylic acids is 1. The molecular formula is C29H36F3N5O5S. The normalized spacial score (nSPS) is 22.8. The van der Waals surface area contributed by atoms with E-state index in [1.54, 1.807) is 29.3 Å². The Morgan fingerprint density at radius 1 is 1.16 bits per heavy atom. The first kappa shape index (κ1) is 31.0. The van der Waals surface area contributed by atoms with E-state index in [1.165, 1.54) is 18.2 Å². The SMILES string of the molecule is CC1CC(OCCC2(C(F)(F)F)CC2)=NN1c1ccc(C(=O)NS(=O)(=O)c2ccccc2)c(N2CC(CO)CC2(C)C)n1. The van der Waals surface area contributed by atoms with Gasteiger partial charge in [-0.3, -0.25) is 4.79 Å². The van der Waals surface area contributed by atoms with Crippen LogP contribution in [0.2, 0.25) is 0 Å². The van der Waals surface area contributed by atoms with Crippen LogP contribution in [0.15, 0.2) is 52.5 Å². The van der Waals surface area contributed by atoms with E-state index in [-0.39, 0.29) is 60.7 Å². The van der Waals surface area contributed by atoms with Gasteiger partial charge in [-0.05, 0) is 70.7 Å². The maximum absolute atomic E-state index is 13.4. The fourth-order valence-electron chi connectivity index (χ4n) is 5.82. The van der Waals surface area contributed by atoms with E-state index in [9.17, 15) is 31.5 Å². The number of hydrogen-bond acceptors (Lipinski definition) is 9. The highest BCUT2D eigenvalue weighted by atomic mass is 32.2. The number of sulfonamides is 1. The molecule has 2 aromatic rings. The van der Waals surface area contributed by atoms with Crippen LogP contribution in [-0.2, 0) is 14.8 Å². The number of ether oxygens (including phenoxy) is 1. The topological polar surface area (TPSA) is 124 Å². The predicted molar refractivity (Wildman–Crippen MR) is 154 cm³/mol. The number of nitrogens with zero attached hydrogens (tertiary/aromatic N) is 4. The van der Waals surface area contributed by atoms with Gasteiger partial charge in [-0.2, -0.15) is 13.2 Å². The highest BCUT2D eigenvalue weighted by molar-refractivity contribution is 7.90. The number of halogens is 3. The first-order valence-electron chi connectivity index (χ1n) is 14.2. The molecule has 10 nitrogen and oxygen atoms in total. The molecule has 2 atom stereocenters.